The van der Waals surface area contributed by atoms with Gasteiger partial charge < -0.3 is 5.32 Å². The summed E-state index contributed by atoms with van der Waals surface area (Å²) in [6.45, 7) is 2.78. The van der Waals surface area contributed by atoms with Gasteiger partial charge in [0.15, 0.2) is 0 Å². The van der Waals surface area contributed by atoms with Crippen molar-refractivity contribution in [2.75, 3.05) is 6.54 Å². The van der Waals surface area contributed by atoms with E-state index in [-0.39, 0.29) is 6.04 Å². The topological polar surface area (TPSA) is 29.1 Å². The van der Waals surface area contributed by atoms with Gasteiger partial charge in [0.1, 0.15) is 5.78 Å². The smallest absolute Gasteiger partial charge is 0.146 e. The molecule has 2 fully saturated rings. The Hall–Kier alpha value is -0.370. The number of nitrogens with one attached hydrogen (secondary N) is 1. The van der Waals surface area contributed by atoms with Gasteiger partial charge in [-0.05, 0) is 38.1 Å². The predicted molar refractivity (Wildman–Crippen MR) is 52.5 cm³/mol. The van der Waals surface area contributed by atoms with Crippen molar-refractivity contribution in [3.8, 4) is 0 Å². The van der Waals surface area contributed by atoms with Crippen molar-refractivity contribution in [2.24, 2.45) is 11.8 Å². The van der Waals surface area contributed by atoms with Crippen molar-refractivity contribution in [1.29, 1.82) is 0 Å². The largest absolute Gasteiger partial charge is 0.307 e. The Bertz CT molecular complexity index is 200. The predicted octanol–water partition coefficient (Wildman–Crippen LogP) is 1.74. The Labute approximate surface area is 80.1 Å². The monoisotopic (exact) mass is 181 g/mol. The number of piperidine rings is 1. The molecule has 3 atom stereocenters. The van der Waals surface area contributed by atoms with Gasteiger partial charge in [0.05, 0.1) is 6.04 Å². The third kappa shape index (κ3) is 1.78. The molecule has 1 aliphatic heterocycles. The number of ketones is 1. The minimum Gasteiger partial charge on any atom is -0.307 e. The molecule has 0 radical (unpaired) electrons. The molecule has 0 aromatic rings. The molecule has 1 heterocycles. The third-order valence-electron chi connectivity index (χ3n) is 3.71. The fraction of sp³-hybridized carbons (Fsp3) is 0.909. The molecular weight excluding hydrogens is 162 g/mol. The number of hydrogen-bond acceptors (Lipinski definition) is 2. The maximum Gasteiger partial charge on any atom is 0.146 e. The van der Waals surface area contributed by atoms with Gasteiger partial charge in [-0.3, -0.25) is 4.79 Å². The molecule has 74 valence electrons. The average molecular weight is 181 g/mol. The lowest BCUT2D eigenvalue weighted by Gasteiger charge is -2.40. The molecule has 0 aromatic carbocycles. The zero-order valence-electron chi connectivity index (χ0n) is 8.38. The lowest BCUT2D eigenvalue weighted by Crippen LogP contribution is -2.50. The number of carbonyl (C=O) groups excluding carboxylic acids is 1. The average Bonchev–Trinajstić information content (AvgIpc) is 2.17. The molecule has 13 heavy (non-hydrogen) atoms. The van der Waals surface area contributed by atoms with Crippen LogP contribution in [-0.2, 0) is 4.79 Å². The summed E-state index contributed by atoms with van der Waals surface area (Å²) < 4.78 is 0. The van der Waals surface area contributed by atoms with Gasteiger partial charge in [0.2, 0.25) is 0 Å². The minimum atomic E-state index is 0.180. The Morgan fingerprint density at radius 2 is 2.00 bits per heavy atom. The van der Waals surface area contributed by atoms with Crippen molar-refractivity contribution in [3.05, 3.63) is 0 Å². The lowest BCUT2D eigenvalue weighted by atomic mass is 9.71. The van der Waals surface area contributed by atoms with E-state index in [1.807, 2.05) is 0 Å². The molecule has 3 unspecified atom stereocenters. The number of fused-ring (bicyclic) bond motifs is 1. The molecule has 2 heteroatoms. The van der Waals surface area contributed by atoms with Crippen LogP contribution in [0.15, 0.2) is 0 Å². The second kappa shape index (κ2) is 3.79. The molecule has 1 saturated heterocycles. The number of carbonyl (C=O) groups is 1. The molecule has 1 saturated carbocycles. The van der Waals surface area contributed by atoms with Crippen LogP contribution in [0.3, 0.4) is 0 Å². The Morgan fingerprint density at radius 3 is 2.77 bits per heavy atom. The fourth-order valence-corrected chi connectivity index (χ4v) is 3.05. The van der Waals surface area contributed by atoms with Crippen molar-refractivity contribution in [1.82, 2.24) is 5.32 Å². The van der Waals surface area contributed by atoms with Crippen molar-refractivity contribution < 1.29 is 4.79 Å². The first-order chi connectivity index (χ1) is 6.29. The van der Waals surface area contributed by atoms with Crippen LogP contribution in [0, 0.1) is 11.8 Å². The van der Waals surface area contributed by atoms with Crippen LogP contribution in [0.5, 0.6) is 0 Å². The van der Waals surface area contributed by atoms with Crippen LogP contribution in [0.25, 0.3) is 0 Å². The highest BCUT2D eigenvalue weighted by Crippen LogP contribution is 2.36. The minimum absolute atomic E-state index is 0.180. The summed E-state index contributed by atoms with van der Waals surface area (Å²) in [4.78, 5) is 11.4. The molecule has 0 spiro atoms. The number of Topliss-reactive ketones (excluding diaryl/α,β-unsaturated/α-hetero) is 1. The highest BCUT2D eigenvalue weighted by molar-refractivity contribution is 5.81. The number of rotatable bonds is 1. The van der Waals surface area contributed by atoms with E-state index in [0.717, 1.165) is 12.5 Å². The number of hydrogen-bond donors (Lipinski definition) is 1. The second-order valence-electron chi connectivity index (χ2n) is 4.54. The molecule has 0 aromatic heterocycles. The first-order valence-corrected chi connectivity index (χ1v) is 5.53. The van der Waals surface area contributed by atoms with Crippen LogP contribution < -0.4 is 5.32 Å². The lowest BCUT2D eigenvalue weighted by molar-refractivity contribution is -0.122. The van der Waals surface area contributed by atoms with E-state index in [0.29, 0.717) is 11.7 Å². The summed E-state index contributed by atoms with van der Waals surface area (Å²) in [5.74, 6) is 1.83. The molecule has 1 N–H and O–H groups in total. The standard InChI is InChI=1S/C11H19NO/c1-8(13)11-10-5-3-2-4-9(10)6-7-12-11/h9-12H,2-7H2,1H3. The van der Waals surface area contributed by atoms with Gasteiger partial charge in [-0.2, -0.15) is 0 Å². The molecule has 0 amide bonds. The van der Waals surface area contributed by atoms with E-state index in [2.05, 4.69) is 5.32 Å². The zero-order valence-corrected chi connectivity index (χ0v) is 8.38. The van der Waals surface area contributed by atoms with Crippen LogP contribution in [-0.4, -0.2) is 18.4 Å². The maximum atomic E-state index is 11.4. The Morgan fingerprint density at radius 1 is 1.23 bits per heavy atom. The summed E-state index contributed by atoms with van der Waals surface area (Å²) in [5, 5.41) is 3.37. The van der Waals surface area contributed by atoms with Gasteiger partial charge in [-0.1, -0.05) is 19.3 Å². The van der Waals surface area contributed by atoms with E-state index < -0.39 is 0 Å². The fourth-order valence-electron chi connectivity index (χ4n) is 3.05. The van der Waals surface area contributed by atoms with Gasteiger partial charge in [-0.25, -0.2) is 0 Å². The first kappa shape index (κ1) is 9.20. The first-order valence-electron chi connectivity index (χ1n) is 5.53. The second-order valence-corrected chi connectivity index (χ2v) is 4.54. The van der Waals surface area contributed by atoms with E-state index in [1.165, 1.54) is 32.1 Å². The molecule has 2 rings (SSSR count). The van der Waals surface area contributed by atoms with Crippen LogP contribution >= 0.6 is 0 Å². The Balaban J connectivity index is 2.06. The van der Waals surface area contributed by atoms with Crippen molar-refractivity contribution in [2.45, 2.75) is 45.1 Å². The summed E-state index contributed by atoms with van der Waals surface area (Å²) in [6.07, 6.45) is 6.62. The molecule has 1 aliphatic carbocycles. The molecular formula is C11H19NO. The third-order valence-corrected chi connectivity index (χ3v) is 3.71. The van der Waals surface area contributed by atoms with Gasteiger partial charge in [0, 0.05) is 0 Å². The molecule has 2 nitrogen and oxygen atoms in total. The quantitative estimate of drug-likeness (QED) is 0.667. The maximum absolute atomic E-state index is 11.4. The summed E-state index contributed by atoms with van der Waals surface area (Å²) >= 11 is 0. The van der Waals surface area contributed by atoms with Gasteiger partial charge >= 0.3 is 0 Å². The normalized spacial score (nSPS) is 39.6. The summed E-state index contributed by atoms with van der Waals surface area (Å²) in [6, 6.07) is 0.180. The van der Waals surface area contributed by atoms with Crippen molar-refractivity contribution >= 4 is 5.78 Å². The van der Waals surface area contributed by atoms with Crippen LogP contribution in [0.1, 0.15) is 39.0 Å². The SMILES string of the molecule is CC(=O)C1NCCC2CCCCC21. The Kier molecular flexibility index (Phi) is 2.68. The zero-order chi connectivity index (χ0) is 9.26. The molecule has 0 bridgehead atoms. The van der Waals surface area contributed by atoms with E-state index in [4.69, 9.17) is 0 Å². The highest BCUT2D eigenvalue weighted by Gasteiger charge is 2.36. The summed E-state index contributed by atoms with van der Waals surface area (Å²) in [7, 11) is 0. The summed E-state index contributed by atoms with van der Waals surface area (Å²) in [5.41, 5.74) is 0. The van der Waals surface area contributed by atoms with E-state index in [1.54, 1.807) is 6.92 Å². The van der Waals surface area contributed by atoms with Crippen LogP contribution in [0.2, 0.25) is 0 Å². The highest BCUT2D eigenvalue weighted by atomic mass is 16.1. The van der Waals surface area contributed by atoms with Crippen molar-refractivity contribution in [3.63, 3.8) is 0 Å². The molecule has 2 aliphatic rings. The van der Waals surface area contributed by atoms with Crippen LogP contribution in [0.4, 0.5) is 0 Å². The van der Waals surface area contributed by atoms with Gasteiger partial charge in [-0.15, -0.1) is 0 Å². The van der Waals surface area contributed by atoms with Gasteiger partial charge in [0.25, 0.3) is 0 Å². The van der Waals surface area contributed by atoms with E-state index >= 15 is 0 Å². The van der Waals surface area contributed by atoms with E-state index in [9.17, 15) is 4.79 Å².